The highest BCUT2D eigenvalue weighted by molar-refractivity contribution is 7.13. The monoisotopic (exact) mass is 225 g/mol. The van der Waals surface area contributed by atoms with E-state index in [2.05, 4.69) is 15.6 Å². The molecule has 82 valence electrons. The fraction of sp³-hybridized carbons (Fsp3) is 0.600. The summed E-state index contributed by atoms with van der Waals surface area (Å²) in [4.78, 5) is 16.1. The Kier molecular flexibility index (Phi) is 3.02. The number of rotatable bonds is 2. The Labute approximate surface area is 93.1 Å². The third kappa shape index (κ3) is 2.35. The Morgan fingerprint density at radius 2 is 2.60 bits per heavy atom. The number of aromatic nitrogens is 1. The average Bonchev–Trinajstić information content (AvgIpc) is 2.71. The molecule has 0 unspecified atom stereocenters. The fourth-order valence-corrected chi connectivity index (χ4v) is 2.31. The molecule has 0 radical (unpaired) electrons. The Morgan fingerprint density at radius 1 is 1.73 bits per heavy atom. The smallest absolute Gasteiger partial charge is 0.233 e. The number of carbonyl (C=O) groups excluding carboxylic acids is 1. The maximum Gasteiger partial charge on any atom is 0.233 e. The van der Waals surface area contributed by atoms with Gasteiger partial charge in [0.25, 0.3) is 0 Å². The Bertz CT molecular complexity index is 330. The van der Waals surface area contributed by atoms with Gasteiger partial charge in [-0.05, 0) is 26.3 Å². The van der Waals surface area contributed by atoms with Crippen molar-refractivity contribution in [2.24, 2.45) is 5.41 Å². The molecule has 1 aliphatic heterocycles. The van der Waals surface area contributed by atoms with E-state index in [-0.39, 0.29) is 11.3 Å². The van der Waals surface area contributed by atoms with Crippen LogP contribution in [-0.2, 0) is 4.79 Å². The number of hydrogen-bond acceptors (Lipinski definition) is 4. The van der Waals surface area contributed by atoms with Crippen LogP contribution in [0.2, 0.25) is 0 Å². The maximum absolute atomic E-state index is 12.0. The number of thiazole rings is 1. The third-order valence-corrected chi connectivity index (χ3v) is 3.49. The molecule has 1 amide bonds. The lowest BCUT2D eigenvalue weighted by Crippen LogP contribution is -2.46. The van der Waals surface area contributed by atoms with E-state index in [0.29, 0.717) is 5.13 Å². The van der Waals surface area contributed by atoms with Crippen LogP contribution in [0, 0.1) is 5.41 Å². The lowest BCUT2D eigenvalue weighted by atomic mass is 9.82. The predicted octanol–water partition coefficient (Wildman–Crippen LogP) is 1.47. The standard InChI is InChI=1S/C10H15N3OS/c1-10(3-2-4-11-7-10)8(14)13-9-12-5-6-15-9/h5-6,11H,2-4,7H2,1H3,(H,12,13,14)/t10-/m1/s1. The number of carbonyl (C=O) groups is 1. The minimum atomic E-state index is -0.288. The van der Waals surface area contributed by atoms with Crippen molar-refractivity contribution in [3.05, 3.63) is 11.6 Å². The molecule has 1 saturated heterocycles. The maximum atomic E-state index is 12.0. The molecule has 2 rings (SSSR count). The fourth-order valence-electron chi connectivity index (χ4n) is 1.78. The zero-order chi connectivity index (χ0) is 10.7. The number of anilines is 1. The van der Waals surface area contributed by atoms with Crippen molar-refractivity contribution in [2.75, 3.05) is 18.4 Å². The molecule has 15 heavy (non-hydrogen) atoms. The van der Waals surface area contributed by atoms with E-state index < -0.39 is 0 Å². The van der Waals surface area contributed by atoms with Crippen LogP contribution in [0.3, 0.4) is 0 Å². The largest absolute Gasteiger partial charge is 0.316 e. The third-order valence-electron chi connectivity index (χ3n) is 2.80. The van der Waals surface area contributed by atoms with Crippen LogP contribution in [0.1, 0.15) is 19.8 Å². The lowest BCUT2D eigenvalue weighted by Gasteiger charge is -2.32. The van der Waals surface area contributed by atoms with Crippen LogP contribution < -0.4 is 10.6 Å². The van der Waals surface area contributed by atoms with E-state index in [1.54, 1.807) is 6.20 Å². The van der Waals surface area contributed by atoms with Crippen molar-refractivity contribution in [1.29, 1.82) is 0 Å². The van der Waals surface area contributed by atoms with Crippen LogP contribution in [0.15, 0.2) is 11.6 Å². The molecule has 2 heterocycles. The molecule has 1 aliphatic rings. The molecule has 0 spiro atoms. The van der Waals surface area contributed by atoms with E-state index in [0.717, 1.165) is 25.9 Å². The van der Waals surface area contributed by atoms with Crippen molar-refractivity contribution in [2.45, 2.75) is 19.8 Å². The summed E-state index contributed by atoms with van der Waals surface area (Å²) in [5.41, 5.74) is -0.288. The van der Waals surface area contributed by atoms with Crippen molar-refractivity contribution >= 4 is 22.4 Å². The number of amides is 1. The predicted molar refractivity (Wildman–Crippen MR) is 61.0 cm³/mol. The summed E-state index contributed by atoms with van der Waals surface area (Å²) in [6, 6.07) is 0. The van der Waals surface area contributed by atoms with Crippen molar-refractivity contribution in [3.8, 4) is 0 Å². The lowest BCUT2D eigenvalue weighted by molar-refractivity contribution is -0.125. The first-order valence-electron chi connectivity index (χ1n) is 5.12. The molecule has 4 nitrogen and oxygen atoms in total. The van der Waals surface area contributed by atoms with Gasteiger partial charge in [0.1, 0.15) is 0 Å². The summed E-state index contributed by atoms with van der Waals surface area (Å²) in [7, 11) is 0. The van der Waals surface area contributed by atoms with Gasteiger partial charge in [-0.15, -0.1) is 11.3 Å². The minimum Gasteiger partial charge on any atom is -0.316 e. The van der Waals surface area contributed by atoms with Crippen molar-refractivity contribution < 1.29 is 4.79 Å². The van der Waals surface area contributed by atoms with Crippen molar-refractivity contribution in [1.82, 2.24) is 10.3 Å². The van der Waals surface area contributed by atoms with Crippen LogP contribution >= 0.6 is 11.3 Å². The van der Waals surface area contributed by atoms with Gasteiger partial charge in [0.05, 0.1) is 5.41 Å². The van der Waals surface area contributed by atoms with Crippen LogP contribution in [0.4, 0.5) is 5.13 Å². The summed E-state index contributed by atoms with van der Waals surface area (Å²) in [5.74, 6) is 0.0738. The molecule has 1 atom stereocenters. The van der Waals surface area contributed by atoms with Gasteiger partial charge in [0, 0.05) is 18.1 Å². The second kappa shape index (κ2) is 4.28. The van der Waals surface area contributed by atoms with E-state index in [4.69, 9.17) is 0 Å². The normalized spacial score (nSPS) is 26.2. The minimum absolute atomic E-state index is 0.0738. The summed E-state index contributed by atoms with van der Waals surface area (Å²) in [6.45, 7) is 3.77. The number of piperidine rings is 1. The number of nitrogens with one attached hydrogen (secondary N) is 2. The second-order valence-electron chi connectivity index (χ2n) is 4.13. The Balaban J connectivity index is 2.00. The highest BCUT2D eigenvalue weighted by Gasteiger charge is 2.34. The van der Waals surface area contributed by atoms with E-state index in [9.17, 15) is 4.79 Å². The van der Waals surface area contributed by atoms with E-state index in [1.807, 2.05) is 12.3 Å². The summed E-state index contributed by atoms with van der Waals surface area (Å²) in [6.07, 6.45) is 3.70. The van der Waals surface area contributed by atoms with Gasteiger partial charge in [-0.1, -0.05) is 0 Å². The van der Waals surface area contributed by atoms with Gasteiger partial charge in [-0.25, -0.2) is 4.98 Å². The van der Waals surface area contributed by atoms with Crippen molar-refractivity contribution in [3.63, 3.8) is 0 Å². The molecule has 5 heteroatoms. The SMILES string of the molecule is C[C@@]1(C(=O)Nc2nccs2)CCCNC1. The Morgan fingerprint density at radius 3 is 3.20 bits per heavy atom. The Hall–Kier alpha value is -0.940. The molecule has 0 bridgehead atoms. The van der Waals surface area contributed by atoms with Crippen LogP contribution in [0.5, 0.6) is 0 Å². The summed E-state index contributed by atoms with van der Waals surface area (Å²) in [5, 5.41) is 8.66. The van der Waals surface area contributed by atoms with Gasteiger partial charge in [-0.2, -0.15) is 0 Å². The quantitative estimate of drug-likeness (QED) is 0.801. The molecular formula is C10H15N3OS. The van der Waals surface area contributed by atoms with Gasteiger partial charge in [0.2, 0.25) is 5.91 Å². The topological polar surface area (TPSA) is 54.0 Å². The molecule has 1 fully saturated rings. The van der Waals surface area contributed by atoms with Crippen LogP contribution in [0.25, 0.3) is 0 Å². The second-order valence-corrected chi connectivity index (χ2v) is 5.03. The zero-order valence-electron chi connectivity index (χ0n) is 8.75. The molecule has 0 aliphatic carbocycles. The highest BCUT2D eigenvalue weighted by atomic mass is 32.1. The molecular weight excluding hydrogens is 210 g/mol. The molecule has 1 aromatic heterocycles. The zero-order valence-corrected chi connectivity index (χ0v) is 9.56. The van der Waals surface area contributed by atoms with Gasteiger partial charge in [0.15, 0.2) is 5.13 Å². The first-order valence-corrected chi connectivity index (χ1v) is 6.00. The molecule has 0 saturated carbocycles. The number of nitrogens with zero attached hydrogens (tertiary/aromatic N) is 1. The average molecular weight is 225 g/mol. The first kappa shape index (κ1) is 10.6. The summed E-state index contributed by atoms with van der Waals surface area (Å²) >= 11 is 1.45. The highest BCUT2D eigenvalue weighted by Crippen LogP contribution is 2.27. The molecule has 0 aromatic carbocycles. The summed E-state index contributed by atoms with van der Waals surface area (Å²) < 4.78 is 0. The van der Waals surface area contributed by atoms with Gasteiger partial charge < -0.3 is 10.6 Å². The first-order chi connectivity index (χ1) is 7.21. The molecule has 1 aromatic rings. The number of hydrogen-bond donors (Lipinski definition) is 2. The van der Waals surface area contributed by atoms with E-state index in [1.165, 1.54) is 11.3 Å². The van der Waals surface area contributed by atoms with Gasteiger partial charge >= 0.3 is 0 Å². The van der Waals surface area contributed by atoms with Gasteiger partial charge in [-0.3, -0.25) is 4.79 Å². The molecule has 2 N–H and O–H groups in total. The van der Waals surface area contributed by atoms with Crippen LogP contribution in [-0.4, -0.2) is 24.0 Å². The van der Waals surface area contributed by atoms with E-state index >= 15 is 0 Å².